The average Bonchev–Trinajstić information content (AvgIpc) is 3.06. The Hall–Kier alpha value is -1.86. The highest BCUT2D eigenvalue weighted by molar-refractivity contribution is 7.17. The molecule has 0 aliphatic heterocycles. The average molecular weight is 281 g/mol. The van der Waals surface area contributed by atoms with Crippen molar-refractivity contribution in [2.45, 2.75) is 12.5 Å². The lowest BCUT2D eigenvalue weighted by atomic mass is 10.0. The first-order valence-electron chi connectivity index (χ1n) is 5.71. The molecule has 0 saturated heterocycles. The molecule has 1 unspecified atom stereocenters. The van der Waals surface area contributed by atoms with Gasteiger partial charge < -0.3 is 20.2 Å². The minimum absolute atomic E-state index is 0.0616. The topological polar surface area (TPSA) is 87.4 Å². The molecule has 2 rings (SSSR count). The molecule has 0 radical (unpaired) electrons. The third-order valence-corrected chi connectivity index (χ3v) is 3.60. The number of carbonyl (C=O) groups is 1. The predicted molar refractivity (Wildman–Crippen MR) is 72.3 cm³/mol. The van der Waals surface area contributed by atoms with Gasteiger partial charge in [-0.25, -0.2) is 4.98 Å². The molecule has 0 bridgehead atoms. The zero-order valence-corrected chi connectivity index (χ0v) is 11.5. The number of rotatable bonds is 5. The van der Waals surface area contributed by atoms with Gasteiger partial charge in [-0.3, -0.25) is 4.79 Å². The number of furan rings is 1. The van der Waals surface area contributed by atoms with Crippen molar-refractivity contribution in [3.63, 3.8) is 0 Å². The van der Waals surface area contributed by atoms with Gasteiger partial charge in [0.2, 0.25) is 0 Å². The van der Waals surface area contributed by atoms with Crippen molar-refractivity contribution in [2.24, 2.45) is 0 Å². The van der Waals surface area contributed by atoms with E-state index in [9.17, 15) is 9.90 Å². The van der Waals surface area contributed by atoms with Crippen LogP contribution in [0.3, 0.4) is 0 Å². The van der Waals surface area contributed by atoms with E-state index in [0.29, 0.717) is 15.8 Å². The molecule has 7 heteroatoms. The van der Waals surface area contributed by atoms with E-state index in [1.54, 1.807) is 26.1 Å². The smallest absolute Gasteiger partial charge is 0.263 e. The molecule has 0 fully saturated rings. The molecule has 0 spiro atoms. The van der Waals surface area contributed by atoms with Crippen molar-refractivity contribution in [2.75, 3.05) is 18.9 Å². The predicted octanol–water partition coefficient (Wildman–Crippen LogP) is 1.42. The molecule has 0 aliphatic rings. The number of hydrogen-bond acceptors (Lipinski definition) is 6. The van der Waals surface area contributed by atoms with Crippen LogP contribution in [0.25, 0.3) is 0 Å². The van der Waals surface area contributed by atoms with Crippen LogP contribution in [0, 0.1) is 0 Å². The number of aromatic nitrogens is 1. The van der Waals surface area contributed by atoms with Crippen molar-refractivity contribution in [3.05, 3.63) is 35.2 Å². The van der Waals surface area contributed by atoms with Crippen molar-refractivity contribution in [1.29, 1.82) is 0 Å². The minimum Gasteiger partial charge on any atom is -0.466 e. The Kier molecular flexibility index (Phi) is 3.87. The Morgan fingerprint density at radius 2 is 2.42 bits per heavy atom. The summed E-state index contributed by atoms with van der Waals surface area (Å²) in [4.78, 5) is 16.4. The summed E-state index contributed by atoms with van der Waals surface area (Å²) in [7, 11) is 1.74. The Labute approximate surface area is 114 Å². The van der Waals surface area contributed by atoms with Gasteiger partial charge in [-0.2, -0.15) is 0 Å². The molecular weight excluding hydrogens is 266 g/mol. The van der Waals surface area contributed by atoms with Crippen LogP contribution >= 0.6 is 11.3 Å². The van der Waals surface area contributed by atoms with Crippen molar-refractivity contribution in [1.82, 2.24) is 10.3 Å². The number of anilines is 1. The lowest BCUT2D eigenvalue weighted by molar-refractivity contribution is 0.0331. The van der Waals surface area contributed by atoms with Crippen LogP contribution in [0.2, 0.25) is 0 Å². The molecule has 2 aromatic heterocycles. The minimum atomic E-state index is -1.24. The summed E-state index contributed by atoms with van der Waals surface area (Å²) >= 11 is 1.25. The maximum absolute atomic E-state index is 11.9. The molecule has 3 N–H and O–H groups in total. The molecule has 0 saturated carbocycles. The van der Waals surface area contributed by atoms with Crippen LogP contribution in [0.5, 0.6) is 0 Å². The number of thiazole rings is 1. The zero-order chi connectivity index (χ0) is 13.9. The second-order valence-corrected chi connectivity index (χ2v) is 5.24. The largest absolute Gasteiger partial charge is 0.466 e. The molecule has 2 heterocycles. The maximum atomic E-state index is 11.9. The Bertz CT molecular complexity index is 548. The molecule has 0 aromatic carbocycles. The van der Waals surface area contributed by atoms with Gasteiger partial charge in [-0.15, -0.1) is 0 Å². The summed E-state index contributed by atoms with van der Waals surface area (Å²) in [6, 6.07) is 3.35. The number of carbonyl (C=O) groups excluding carboxylic acids is 1. The molecule has 102 valence electrons. The first-order chi connectivity index (χ1) is 9.03. The van der Waals surface area contributed by atoms with Crippen LogP contribution < -0.4 is 10.6 Å². The second kappa shape index (κ2) is 5.41. The quantitative estimate of drug-likeness (QED) is 0.771. The number of amides is 1. The third-order valence-electron chi connectivity index (χ3n) is 2.59. The molecule has 2 aromatic rings. The summed E-state index contributed by atoms with van der Waals surface area (Å²) in [5, 5.41) is 16.4. The van der Waals surface area contributed by atoms with Crippen LogP contribution in [0.4, 0.5) is 5.13 Å². The standard InChI is InChI=1S/C12H15N3O3S/c1-12(17,9-4-3-5-18-9)7-15-10(16)8-6-14-11(13-2)19-8/h3-6,17H,7H2,1-2H3,(H,13,14)(H,15,16). The fraction of sp³-hybridized carbons (Fsp3) is 0.333. The van der Waals surface area contributed by atoms with Gasteiger partial charge in [-0.1, -0.05) is 11.3 Å². The Morgan fingerprint density at radius 1 is 1.63 bits per heavy atom. The maximum Gasteiger partial charge on any atom is 0.263 e. The highest BCUT2D eigenvalue weighted by Crippen LogP contribution is 2.21. The SMILES string of the molecule is CNc1ncc(C(=O)NCC(C)(O)c2ccco2)s1. The van der Waals surface area contributed by atoms with Crippen molar-refractivity contribution < 1.29 is 14.3 Å². The summed E-state index contributed by atoms with van der Waals surface area (Å²) in [6.07, 6.45) is 2.97. The highest BCUT2D eigenvalue weighted by atomic mass is 32.1. The van der Waals surface area contributed by atoms with Gasteiger partial charge >= 0.3 is 0 Å². The van der Waals surface area contributed by atoms with Crippen LogP contribution in [0.15, 0.2) is 29.0 Å². The lowest BCUT2D eigenvalue weighted by Gasteiger charge is -2.20. The van der Waals surface area contributed by atoms with E-state index in [2.05, 4.69) is 15.6 Å². The van der Waals surface area contributed by atoms with Gasteiger partial charge in [0.25, 0.3) is 5.91 Å². The lowest BCUT2D eigenvalue weighted by Crippen LogP contribution is -2.38. The fourth-order valence-electron chi connectivity index (χ4n) is 1.51. The summed E-state index contributed by atoms with van der Waals surface area (Å²) in [5.74, 6) is 0.138. The Morgan fingerprint density at radius 3 is 3.00 bits per heavy atom. The highest BCUT2D eigenvalue weighted by Gasteiger charge is 2.27. The van der Waals surface area contributed by atoms with E-state index >= 15 is 0 Å². The van der Waals surface area contributed by atoms with Gasteiger partial charge in [0.05, 0.1) is 19.0 Å². The summed E-state index contributed by atoms with van der Waals surface area (Å²) in [6.45, 7) is 1.64. The molecular formula is C12H15N3O3S. The fourth-order valence-corrected chi connectivity index (χ4v) is 2.19. The van der Waals surface area contributed by atoms with Gasteiger partial charge in [0.15, 0.2) is 5.13 Å². The molecule has 19 heavy (non-hydrogen) atoms. The Balaban J connectivity index is 1.97. The second-order valence-electron chi connectivity index (χ2n) is 4.21. The van der Waals surface area contributed by atoms with E-state index in [1.165, 1.54) is 23.8 Å². The number of aliphatic hydroxyl groups is 1. The molecule has 1 atom stereocenters. The first kappa shape index (κ1) is 13.6. The number of nitrogens with zero attached hydrogens (tertiary/aromatic N) is 1. The third kappa shape index (κ3) is 3.12. The van der Waals surface area contributed by atoms with Crippen molar-refractivity contribution >= 4 is 22.4 Å². The van der Waals surface area contributed by atoms with E-state index in [1.807, 2.05) is 0 Å². The van der Waals surface area contributed by atoms with Crippen LogP contribution in [0.1, 0.15) is 22.4 Å². The van der Waals surface area contributed by atoms with Crippen molar-refractivity contribution in [3.8, 4) is 0 Å². The molecule has 6 nitrogen and oxygen atoms in total. The summed E-state index contributed by atoms with van der Waals surface area (Å²) < 4.78 is 5.14. The van der Waals surface area contributed by atoms with E-state index < -0.39 is 5.60 Å². The number of hydrogen-bond donors (Lipinski definition) is 3. The summed E-state index contributed by atoms with van der Waals surface area (Å²) in [5.41, 5.74) is -1.24. The van der Waals surface area contributed by atoms with Gasteiger partial charge in [0, 0.05) is 7.05 Å². The molecule has 1 amide bonds. The monoisotopic (exact) mass is 281 g/mol. The molecule has 0 aliphatic carbocycles. The van der Waals surface area contributed by atoms with Crippen LogP contribution in [-0.4, -0.2) is 29.6 Å². The first-order valence-corrected chi connectivity index (χ1v) is 6.53. The zero-order valence-electron chi connectivity index (χ0n) is 10.6. The van der Waals surface area contributed by atoms with Gasteiger partial charge in [0.1, 0.15) is 16.2 Å². The van der Waals surface area contributed by atoms with E-state index in [-0.39, 0.29) is 12.5 Å². The van der Waals surface area contributed by atoms with E-state index in [0.717, 1.165) is 0 Å². The van der Waals surface area contributed by atoms with Crippen LogP contribution in [-0.2, 0) is 5.60 Å². The number of nitrogens with one attached hydrogen (secondary N) is 2. The normalized spacial score (nSPS) is 13.8. The van der Waals surface area contributed by atoms with Gasteiger partial charge in [-0.05, 0) is 19.1 Å². The van der Waals surface area contributed by atoms with E-state index in [4.69, 9.17) is 4.42 Å².